The molecule has 1 rings (SSSR count). The molecule has 0 saturated carbocycles. The number of benzene rings is 1. The van der Waals surface area contributed by atoms with Gasteiger partial charge in [-0.2, -0.15) is 0 Å². The van der Waals surface area contributed by atoms with Gasteiger partial charge >= 0.3 is 0 Å². The number of carbonyl (C=O) groups excluding carboxylic acids is 1. The summed E-state index contributed by atoms with van der Waals surface area (Å²) in [5, 5.41) is 0. The summed E-state index contributed by atoms with van der Waals surface area (Å²) in [4.78, 5) is 11.3. The van der Waals surface area contributed by atoms with Gasteiger partial charge in [-0.3, -0.25) is 4.79 Å². The Bertz CT molecular complexity index is 344. The molecular formula is C12H12O2. The predicted octanol–water partition coefficient (Wildman–Crippen LogP) is 2.29. The minimum atomic E-state index is -0.0319. The van der Waals surface area contributed by atoms with E-state index in [1.54, 1.807) is 24.3 Å². The molecule has 0 aliphatic carbocycles. The summed E-state index contributed by atoms with van der Waals surface area (Å²) in [5.74, 6) is 3.06. The lowest BCUT2D eigenvalue weighted by molar-refractivity contribution is 0.0998. The molecule has 1 aromatic rings. The molecule has 0 heterocycles. The SMILES string of the molecule is C#CCC(=O)c1ccc(OCC)cc1. The largest absolute Gasteiger partial charge is 0.494 e. The summed E-state index contributed by atoms with van der Waals surface area (Å²) in [5.41, 5.74) is 0.631. The van der Waals surface area contributed by atoms with Crippen molar-refractivity contribution in [2.45, 2.75) is 13.3 Å². The van der Waals surface area contributed by atoms with E-state index in [0.29, 0.717) is 12.2 Å². The maximum atomic E-state index is 11.3. The summed E-state index contributed by atoms with van der Waals surface area (Å²) in [6.07, 6.45) is 5.20. The van der Waals surface area contributed by atoms with Crippen molar-refractivity contribution < 1.29 is 9.53 Å². The fraction of sp³-hybridized carbons (Fsp3) is 0.250. The summed E-state index contributed by atoms with van der Waals surface area (Å²) in [6, 6.07) is 7.00. The predicted molar refractivity (Wildman–Crippen MR) is 55.4 cm³/mol. The van der Waals surface area contributed by atoms with Crippen molar-refractivity contribution in [1.82, 2.24) is 0 Å². The lowest BCUT2D eigenvalue weighted by Gasteiger charge is -2.02. The van der Waals surface area contributed by atoms with Crippen molar-refractivity contribution in [3.05, 3.63) is 29.8 Å². The van der Waals surface area contributed by atoms with Crippen LogP contribution in [0.25, 0.3) is 0 Å². The molecule has 0 aliphatic heterocycles. The van der Waals surface area contributed by atoms with Crippen LogP contribution in [0.2, 0.25) is 0 Å². The molecular weight excluding hydrogens is 176 g/mol. The van der Waals surface area contributed by atoms with E-state index in [1.165, 1.54) is 0 Å². The van der Waals surface area contributed by atoms with E-state index in [-0.39, 0.29) is 12.2 Å². The van der Waals surface area contributed by atoms with Gasteiger partial charge in [0.15, 0.2) is 5.78 Å². The zero-order valence-corrected chi connectivity index (χ0v) is 8.12. The molecule has 0 unspecified atom stereocenters. The molecule has 0 N–H and O–H groups in total. The molecule has 14 heavy (non-hydrogen) atoms. The second-order valence-electron chi connectivity index (χ2n) is 2.76. The number of hydrogen-bond donors (Lipinski definition) is 0. The number of terminal acetylenes is 1. The van der Waals surface area contributed by atoms with Crippen LogP contribution in [0.3, 0.4) is 0 Å². The highest BCUT2D eigenvalue weighted by molar-refractivity contribution is 5.97. The van der Waals surface area contributed by atoms with E-state index < -0.39 is 0 Å². The van der Waals surface area contributed by atoms with Gasteiger partial charge in [0.1, 0.15) is 5.75 Å². The highest BCUT2D eigenvalue weighted by atomic mass is 16.5. The fourth-order valence-corrected chi connectivity index (χ4v) is 1.10. The molecule has 2 heteroatoms. The van der Waals surface area contributed by atoms with Gasteiger partial charge in [-0.05, 0) is 31.2 Å². The molecule has 0 atom stereocenters. The van der Waals surface area contributed by atoms with Crippen molar-refractivity contribution in [2.24, 2.45) is 0 Å². The average molecular weight is 188 g/mol. The van der Waals surface area contributed by atoms with Gasteiger partial charge in [-0.25, -0.2) is 0 Å². The molecule has 2 nitrogen and oxygen atoms in total. The Morgan fingerprint density at radius 3 is 2.57 bits per heavy atom. The zero-order valence-electron chi connectivity index (χ0n) is 8.12. The van der Waals surface area contributed by atoms with Gasteiger partial charge in [-0.15, -0.1) is 6.42 Å². The first-order chi connectivity index (χ1) is 6.77. The van der Waals surface area contributed by atoms with Crippen LogP contribution >= 0.6 is 0 Å². The Hall–Kier alpha value is -1.75. The number of ketones is 1. The van der Waals surface area contributed by atoms with Crippen molar-refractivity contribution in [3.8, 4) is 18.1 Å². The van der Waals surface area contributed by atoms with Crippen LogP contribution < -0.4 is 4.74 Å². The summed E-state index contributed by atoms with van der Waals surface area (Å²) in [7, 11) is 0. The Morgan fingerprint density at radius 1 is 1.43 bits per heavy atom. The van der Waals surface area contributed by atoms with Crippen molar-refractivity contribution in [2.75, 3.05) is 6.61 Å². The van der Waals surface area contributed by atoms with Gasteiger partial charge in [-0.1, -0.05) is 5.92 Å². The Morgan fingerprint density at radius 2 is 2.07 bits per heavy atom. The maximum absolute atomic E-state index is 11.3. The first kappa shape index (κ1) is 10.3. The van der Waals surface area contributed by atoms with Gasteiger partial charge < -0.3 is 4.74 Å². The molecule has 0 saturated heterocycles. The second-order valence-corrected chi connectivity index (χ2v) is 2.76. The summed E-state index contributed by atoms with van der Waals surface area (Å²) in [6.45, 7) is 2.54. The summed E-state index contributed by atoms with van der Waals surface area (Å²) >= 11 is 0. The van der Waals surface area contributed by atoms with E-state index in [4.69, 9.17) is 11.2 Å². The van der Waals surface area contributed by atoms with Gasteiger partial charge in [0.2, 0.25) is 0 Å². The molecule has 0 aromatic heterocycles. The molecule has 0 spiro atoms. The van der Waals surface area contributed by atoms with E-state index in [0.717, 1.165) is 5.75 Å². The van der Waals surface area contributed by atoms with Gasteiger partial charge in [0.05, 0.1) is 13.0 Å². The number of Topliss-reactive ketones (excluding diaryl/α,β-unsaturated/α-hetero) is 1. The van der Waals surface area contributed by atoms with Crippen LogP contribution in [0.5, 0.6) is 5.75 Å². The monoisotopic (exact) mass is 188 g/mol. The highest BCUT2D eigenvalue weighted by Gasteiger charge is 2.03. The highest BCUT2D eigenvalue weighted by Crippen LogP contribution is 2.13. The first-order valence-electron chi connectivity index (χ1n) is 4.47. The lowest BCUT2D eigenvalue weighted by atomic mass is 10.1. The van der Waals surface area contributed by atoms with Crippen molar-refractivity contribution in [1.29, 1.82) is 0 Å². The number of carbonyl (C=O) groups is 1. The molecule has 0 amide bonds. The van der Waals surface area contributed by atoms with Crippen LogP contribution in [-0.2, 0) is 0 Å². The molecule has 0 aliphatic rings. The number of ether oxygens (including phenoxy) is 1. The van der Waals surface area contributed by atoms with E-state index in [1.807, 2.05) is 6.92 Å². The van der Waals surface area contributed by atoms with E-state index >= 15 is 0 Å². The Balaban J connectivity index is 2.73. The molecule has 72 valence electrons. The zero-order chi connectivity index (χ0) is 10.4. The quantitative estimate of drug-likeness (QED) is 0.535. The third-order valence-corrected chi connectivity index (χ3v) is 1.75. The normalized spacial score (nSPS) is 9.14. The first-order valence-corrected chi connectivity index (χ1v) is 4.47. The molecule has 1 aromatic carbocycles. The topological polar surface area (TPSA) is 26.3 Å². The standard InChI is InChI=1S/C12H12O2/c1-3-5-12(13)10-6-8-11(9-7-10)14-4-2/h1,6-9H,4-5H2,2H3. The smallest absolute Gasteiger partial charge is 0.174 e. The lowest BCUT2D eigenvalue weighted by Crippen LogP contribution is -1.97. The molecule has 0 bridgehead atoms. The van der Waals surface area contributed by atoms with Gasteiger partial charge in [0.25, 0.3) is 0 Å². The van der Waals surface area contributed by atoms with Crippen LogP contribution in [0.1, 0.15) is 23.7 Å². The number of hydrogen-bond acceptors (Lipinski definition) is 2. The van der Waals surface area contributed by atoms with Crippen LogP contribution in [0.4, 0.5) is 0 Å². The minimum Gasteiger partial charge on any atom is -0.494 e. The van der Waals surface area contributed by atoms with Crippen molar-refractivity contribution in [3.63, 3.8) is 0 Å². The average Bonchev–Trinajstić information content (AvgIpc) is 2.20. The van der Waals surface area contributed by atoms with Crippen LogP contribution in [0, 0.1) is 12.3 Å². The van der Waals surface area contributed by atoms with Crippen LogP contribution in [0.15, 0.2) is 24.3 Å². The Labute approximate surface area is 83.9 Å². The van der Waals surface area contributed by atoms with E-state index in [9.17, 15) is 4.79 Å². The third-order valence-electron chi connectivity index (χ3n) is 1.75. The minimum absolute atomic E-state index is 0.0319. The third kappa shape index (κ3) is 2.63. The Kier molecular flexibility index (Phi) is 3.75. The summed E-state index contributed by atoms with van der Waals surface area (Å²) < 4.78 is 5.25. The van der Waals surface area contributed by atoms with Crippen molar-refractivity contribution >= 4 is 5.78 Å². The molecule has 0 radical (unpaired) electrons. The van der Waals surface area contributed by atoms with Crippen LogP contribution in [-0.4, -0.2) is 12.4 Å². The maximum Gasteiger partial charge on any atom is 0.174 e. The van der Waals surface area contributed by atoms with Gasteiger partial charge in [0, 0.05) is 5.56 Å². The molecule has 0 fully saturated rings. The fourth-order valence-electron chi connectivity index (χ4n) is 1.10. The second kappa shape index (κ2) is 5.08. The van der Waals surface area contributed by atoms with E-state index in [2.05, 4.69) is 5.92 Å². The number of rotatable bonds is 4.